The summed E-state index contributed by atoms with van der Waals surface area (Å²) in [6, 6.07) is 11.9. The Morgan fingerprint density at radius 3 is 2.70 bits per heavy atom. The van der Waals surface area contributed by atoms with Crippen molar-refractivity contribution in [2.45, 2.75) is 39.5 Å². The zero-order chi connectivity index (χ0) is 21.3. The van der Waals surface area contributed by atoms with Crippen LogP contribution in [0.2, 0.25) is 5.02 Å². The van der Waals surface area contributed by atoms with Gasteiger partial charge in [0.1, 0.15) is 0 Å². The van der Waals surface area contributed by atoms with Crippen molar-refractivity contribution in [3.05, 3.63) is 75.6 Å². The van der Waals surface area contributed by atoms with Gasteiger partial charge >= 0.3 is 0 Å². The molecule has 6 heteroatoms. The van der Waals surface area contributed by atoms with E-state index in [9.17, 15) is 4.79 Å². The molecule has 1 fully saturated rings. The molecule has 1 aliphatic heterocycles. The third-order valence-electron chi connectivity index (χ3n) is 5.89. The van der Waals surface area contributed by atoms with Crippen molar-refractivity contribution in [3.63, 3.8) is 0 Å². The number of piperidine rings is 1. The molecule has 0 bridgehead atoms. The maximum atomic E-state index is 13.3. The molecule has 156 valence electrons. The monoisotopic (exact) mass is 422 g/mol. The predicted octanol–water partition coefficient (Wildman–Crippen LogP) is 5.17. The largest absolute Gasteiger partial charge is 0.322 e. The van der Waals surface area contributed by atoms with Crippen LogP contribution >= 0.6 is 11.6 Å². The fourth-order valence-electron chi connectivity index (χ4n) is 4.10. The van der Waals surface area contributed by atoms with E-state index in [1.54, 1.807) is 6.20 Å². The van der Waals surface area contributed by atoms with Crippen LogP contribution in [0.15, 0.2) is 42.6 Å². The third-order valence-corrected chi connectivity index (χ3v) is 6.29. The van der Waals surface area contributed by atoms with Gasteiger partial charge in [0.2, 0.25) is 0 Å². The Morgan fingerprint density at radius 2 is 1.93 bits per heavy atom. The highest BCUT2D eigenvalue weighted by molar-refractivity contribution is 6.31. The number of nitrogens with one attached hydrogen (secondary N) is 2. The van der Waals surface area contributed by atoms with Crippen molar-refractivity contribution in [2.75, 3.05) is 18.4 Å². The summed E-state index contributed by atoms with van der Waals surface area (Å²) in [5.41, 5.74) is 6.45. The maximum absolute atomic E-state index is 13.3. The van der Waals surface area contributed by atoms with Crippen LogP contribution in [0.3, 0.4) is 0 Å². The molecule has 0 spiro atoms. The number of rotatable bonds is 4. The standard InChI is InChI=1S/C24H27ClN4O/c1-15-7-8-16(2)21(13-15)28-24(30)19-14-27-29(22-6-4-5-20(25)17(22)3)23(19)18-9-11-26-12-10-18/h4-8,13-14,18,26H,9-12H2,1-3H3,(H,28,30). The molecule has 1 amide bonds. The summed E-state index contributed by atoms with van der Waals surface area (Å²) in [5.74, 6) is 0.134. The first-order chi connectivity index (χ1) is 14.5. The lowest BCUT2D eigenvalue weighted by atomic mass is 9.91. The molecule has 0 unspecified atom stereocenters. The number of hydrogen-bond donors (Lipinski definition) is 2. The van der Waals surface area contributed by atoms with Crippen molar-refractivity contribution in [3.8, 4) is 5.69 Å². The number of carbonyl (C=O) groups is 1. The van der Waals surface area contributed by atoms with Crippen molar-refractivity contribution < 1.29 is 4.79 Å². The summed E-state index contributed by atoms with van der Waals surface area (Å²) in [6.45, 7) is 7.88. The van der Waals surface area contributed by atoms with E-state index in [1.165, 1.54) is 0 Å². The zero-order valence-corrected chi connectivity index (χ0v) is 18.4. The average Bonchev–Trinajstić information content (AvgIpc) is 3.18. The van der Waals surface area contributed by atoms with Crippen LogP contribution in [0.25, 0.3) is 5.69 Å². The van der Waals surface area contributed by atoms with Gasteiger partial charge in [-0.25, -0.2) is 4.68 Å². The molecule has 1 saturated heterocycles. The van der Waals surface area contributed by atoms with Gasteiger partial charge in [-0.1, -0.05) is 29.8 Å². The smallest absolute Gasteiger partial charge is 0.259 e. The Kier molecular flexibility index (Phi) is 5.93. The number of carbonyl (C=O) groups excluding carboxylic acids is 1. The van der Waals surface area contributed by atoms with E-state index in [2.05, 4.69) is 15.7 Å². The predicted molar refractivity (Wildman–Crippen MR) is 122 cm³/mol. The van der Waals surface area contributed by atoms with Crippen molar-refractivity contribution in [1.82, 2.24) is 15.1 Å². The first kappa shape index (κ1) is 20.6. The van der Waals surface area contributed by atoms with Crippen LogP contribution in [-0.2, 0) is 0 Å². The molecule has 0 aliphatic carbocycles. The first-order valence-corrected chi connectivity index (χ1v) is 10.8. The first-order valence-electron chi connectivity index (χ1n) is 10.4. The molecule has 2 aromatic carbocycles. The highest BCUT2D eigenvalue weighted by Gasteiger charge is 2.28. The lowest BCUT2D eigenvalue weighted by Gasteiger charge is -2.25. The number of aryl methyl sites for hydroxylation is 2. The topological polar surface area (TPSA) is 59.0 Å². The van der Waals surface area contributed by atoms with Gasteiger partial charge in [0.05, 0.1) is 23.1 Å². The Labute approximate surface area is 182 Å². The van der Waals surface area contributed by atoms with Crippen molar-refractivity contribution >= 4 is 23.2 Å². The fraction of sp³-hybridized carbons (Fsp3) is 0.333. The fourth-order valence-corrected chi connectivity index (χ4v) is 4.27. The Bertz CT molecular complexity index is 1080. The van der Waals surface area contributed by atoms with Crippen molar-refractivity contribution in [2.24, 2.45) is 0 Å². The number of aromatic nitrogens is 2. The summed E-state index contributed by atoms with van der Waals surface area (Å²) in [6.07, 6.45) is 3.63. The molecule has 30 heavy (non-hydrogen) atoms. The highest BCUT2D eigenvalue weighted by atomic mass is 35.5. The van der Waals surface area contributed by atoms with Crippen LogP contribution in [0.4, 0.5) is 5.69 Å². The molecular weight excluding hydrogens is 396 g/mol. The zero-order valence-electron chi connectivity index (χ0n) is 17.6. The van der Waals surface area contributed by atoms with E-state index < -0.39 is 0 Å². The SMILES string of the molecule is Cc1ccc(C)c(NC(=O)c2cnn(-c3cccc(Cl)c3C)c2C2CCNCC2)c1. The Hall–Kier alpha value is -2.63. The summed E-state index contributed by atoms with van der Waals surface area (Å²) in [7, 11) is 0. The quantitative estimate of drug-likeness (QED) is 0.609. The Balaban J connectivity index is 1.77. The number of benzene rings is 2. The lowest BCUT2D eigenvalue weighted by molar-refractivity contribution is 0.102. The molecular formula is C24H27ClN4O. The van der Waals surface area contributed by atoms with Crippen LogP contribution in [0.1, 0.15) is 51.5 Å². The molecule has 0 atom stereocenters. The Morgan fingerprint density at radius 1 is 1.17 bits per heavy atom. The summed E-state index contributed by atoms with van der Waals surface area (Å²) < 4.78 is 1.91. The third kappa shape index (κ3) is 4.00. The molecule has 2 N–H and O–H groups in total. The minimum absolute atomic E-state index is 0.122. The van der Waals surface area contributed by atoms with Gasteiger partial charge in [-0.15, -0.1) is 0 Å². The number of halogens is 1. The van der Waals surface area contributed by atoms with E-state index in [1.807, 2.05) is 61.9 Å². The van der Waals surface area contributed by atoms with Crippen LogP contribution in [-0.4, -0.2) is 28.8 Å². The second-order valence-corrected chi connectivity index (χ2v) is 8.44. The molecule has 2 heterocycles. The summed E-state index contributed by atoms with van der Waals surface area (Å²) in [5, 5.41) is 11.8. The van der Waals surface area contributed by atoms with Gasteiger partial charge < -0.3 is 10.6 Å². The second kappa shape index (κ2) is 8.62. The van der Waals surface area contributed by atoms with Crippen LogP contribution in [0, 0.1) is 20.8 Å². The van der Waals surface area contributed by atoms with Gasteiger partial charge in [0.15, 0.2) is 0 Å². The highest BCUT2D eigenvalue weighted by Crippen LogP contribution is 2.33. The average molecular weight is 423 g/mol. The molecule has 1 aromatic heterocycles. The van der Waals surface area contributed by atoms with Crippen LogP contribution < -0.4 is 10.6 Å². The number of amides is 1. The number of hydrogen-bond acceptors (Lipinski definition) is 3. The van der Waals surface area contributed by atoms with Crippen LogP contribution in [0.5, 0.6) is 0 Å². The molecule has 4 rings (SSSR count). The number of anilines is 1. The summed E-state index contributed by atoms with van der Waals surface area (Å²) >= 11 is 6.38. The van der Waals surface area contributed by atoms with Gasteiger partial charge in [-0.05, 0) is 81.6 Å². The maximum Gasteiger partial charge on any atom is 0.259 e. The number of nitrogens with zero attached hydrogens (tertiary/aromatic N) is 2. The summed E-state index contributed by atoms with van der Waals surface area (Å²) in [4.78, 5) is 13.3. The van der Waals surface area contributed by atoms with Gasteiger partial charge in [0.25, 0.3) is 5.91 Å². The van der Waals surface area contributed by atoms with E-state index in [0.29, 0.717) is 10.6 Å². The molecule has 0 radical (unpaired) electrons. The van der Waals surface area contributed by atoms with E-state index in [-0.39, 0.29) is 11.8 Å². The molecule has 5 nitrogen and oxygen atoms in total. The second-order valence-electron chi connectivity index (χ2n) is 8.04. The molecule has 1 aliphatic rings. The lowest BCUT2D eigenvalue weighted by Crippen LogP contribution is -2.29. The minimum Gasteiger partial charge on any atom is -0.322 e. The van der Waals surface area contributed by atoms with Gasteiger partial charge in [-0.3, -0.25) is 4.79 Å². The van der Waals surface area contributed by atoms with Gasteiger partial charge in [-0.2, -0.15) is 5.10 Å². The normalized spacial score (nSPS) is 14.7. The van der Waals surface area contributed by atoms with E-state index >= 15 is 0 Å². The van der Waals surface area contributed by atoms with Gasteiger partial charge in [0, 0.05) is 16.6 Å². The van der Waals surface area contributed by atoms with E-state index in [4.69, 9.17) is 11.6 Å². The van der Waals surface area contributed by atoms with E-state index in [0.717, 1.165) is 59.7 Å². The molecule has 0 saturated carbocycles. The van der Waals surface area contributed by atoms with Crippen molar-refractivity contribution in [1.29, 1.82) is 0 Å². The molecule has 3 aromatic rings. The minimum atomic E-state index is -0.122.